The van der Waals surface area contributed by atoms with E-state index in [0.29, 0.717) is 16.4 Å². The summed E-state index contributed by atoms with van der Waals surface area (Å²) in [6, 6.07) is 3.93. The molecule has 2 aromatic heterocycles. The number of hydrogen-bond donors (Lipinski definition) is 1. The number of imidazole rings is 1. The van der Waals surface area contributed by atoms with Crippen LogP contribution in [0.1, 0.15) is 43.1 Å². The number of aliphatic hydroxyl groups is 1. The monoisotopic (exact) mass is 333 g/mol. The lowest BCUT2D eigenvalue weighted by atomic mass is 9.72. The highest BCUT2D eigenvalue weighted by atomic mass is 35.5. The predicted molar refractivity (Wildman–Crippen MR) is 87.6 cm³/mol. The zero-order chi connectivity index (χ0) is 16.2. The summed E-state index contributed by atoms with van der Waals surface area (Å²) in [6.45, 7) is 2.25. The van der Waals surface area contributed by atoms with Crippen molar-refractivity contribution >= 4 is 23.2 Å². The third-order valence-electron chi connectivity index (χ3n) is 5.74. The summed E-state index contributed by atoms with van der Waals surface area (Å²) < 4.78 is 1.78. The van der Waals surface area contributed by atoms with Gasteiger partial charge in [0.25, 0.3) is 5.91 Å². The largest absolute Gasteiger partial charge is 0.396 e. The third-order valence-corrected chi connectivity index (χ3v) is 5.96. The standard InChI is InChI=1S/C17H20ClN3O2/c1-2-17(10-22)7-12-4-5-14(17)21(12)16(23)13-9-20-8-11(18)3-6-15(20)19-13/h3,6,8-9,12,14,22H,2,4-5,7,10H2,1H3/t12-,14+,17-/m0/s1. The van der Waals surface area contributed by atoms with E-state index in [2.05, 4.69) is 11.9 Å². The van der Waals surface area contributed by atoms with Gasteiger partial charge < -0.3 is 14.4 Å². The average Bonchev–Trinajstić information content (AvgIpc) is 3.24. The predicted octanol–water partition coefficient (Wildman–Crippen LogP) is 2.75. The quantitative estimate of drug-likeness (QED) is 0.939. The number of carbonyl (C=O) groups is 1. The maximum atomic E-state index is 13.0. The Morgan fingerprint density at radius 2 is 2.26 bits per heavy atom. The Kier molecular flexibility index (Phi) is 3.39. The van der Waals surface area contributed by atoms with Gasteiger partial charge in [-0.25, -0.2) is 4.98 Å². The van der Waals surface area contributed by atoms with Crippen LogP contribution in [0.15, 0.2) is 24.5 Å². The Hall–Kier alpha value is -1.59. The number of nitrogens with zero attached hydrogens (tertiary/aromatic N) is 3. The summed E-state index contributed by atoms with van der Waals surface area (Å²) in [6.07, 6.45) is 7.30. The first-order chi connectivity index (χ1) is 11.1. The molecule has 0 unspecified atom stereocenters. The van der Waals surface area contributed by atoms with Gasteiger partial charge in [0.15, 0.2) is 0 Å². The Balaban J connectivity index is 1.68. The summed E-state index contributed by atoms with van der Waals surface area (Å²) >= 11 is 5.99. The molecule has 122 valence electrons. The first-order valence-electron chi connectivity index (χ1n) is 8.16. The summed E-state index contributed by atoms with van der Waals surface area (Å²) in [5.74, 6) is -0.0268. The minimum atomic E-state index is -0.138. The van der Waals surface area contributed by atoms with Crippen molar-refractivity contribution in [1.29, 1.82) is 0 Å². The molecule has 2 aromatic rings. The van der Waals surface area contributed by atoms with E-state index in [4.69, 9.17) is 11.6 Å². The SMILES string of the molecule is CC[C@@]1(CO)C[C@@H]2CC[C@H]1N2C(=O)c1cn2cc(Cl)ccc2n1. The van der Waals surface area contributed by atoms with Gasteiger partial charge in [0.2, 0.25) is 0 Å². The van der Waals surface area contributed by atoms with Gasteiger partial charge in [-0.05, 0) is 37.8 Å². The number of aliphatic hydroxyl groups excluding tert-OH is 1. The number of fused-ring (bicyclic) bond motifs is 3. The Morgan fingerprint density at radius 3 is 2.96 bits per heavy atom. The van der Waals surface area contributed by atoms with Crippen LogP contribution >= 0.6 is 11.6 Å². The molecule has 2 aliphatic heterocycles. The van der Waals surface area contributed by atoms with Gasteiger partial charge in [0, 0.05) is 29.9 Å². The molecule has 0 aromatic carbocycles. The molecular weight excluding hydrogens is 314 g/mol. The molecule has 3 atom stereocenters. The Bertz CT molecular complexity index is 768. The van der Waals surface area contributed by atoms with Gasteiger partial charge in [-0.2, -0.15) is 0 Å². The van der Waals surface area contributed by atoms with Crippen LogP contribution in [0.5, 0.6) is 0 Å². The average molecular weight is 334 g/mol. The van der Waals surface area contributed by atoms with Gasteiger partial charge >= 0.3 is 0 Å². The topological polar surface area (TPSA) is 57.8 Å². The lowest BCUT2D eigenvalue weighted by Gasteiger charge is -2.34. The van der Waals surface area contributed by atoms with E-state index in [1.54, 1.807) is 22.9 Å². The van der Waals surface area contributed by atoms with Crippen molar-refractivity contribution in [1.82, 2.24) is 14.3 Å². The Labute approximate surface area is 139 Å². The van der Waals surface area contributed by atoms with Crippen LogP contribution in [0.3, 0.4) is 0 Å². The summed E-state index contributed by atoms with van der Waals surface area (Å²) in [5.41, 5.74) is 1.03. The van der Waals surface area contributed by atoms with E-state index in [1.165, 1.54) is 0 Å². The van der Waals surface area contributed by atoms with Crippen molar-refractivity contribution in [2.45, 2.75) is 44.7 Å². The van der Waals surface area contributed by atoms with E-state index in [1.807, 2.05) is 11.0 Å². The fraction of sp³-hybridized carbons (Fsp3) is 0.529. The second-order valence-electron chi connectivity index (χ2n) is 6.78. The molecule has 23 heavy (non-hydrogen) atoms. The smallest absolute Gasteiger partial charge is 0.274 e. The minimum absolute atomic E-state index is 0.0268. The summed E-state index contributed by atoms with van der Waals surface area (Å²) in [7, 11) is 0. The first kappa shape index (κ1) is 15.0. The van der Waals surface area contributed by atoms with Gasteiger partial charge in [-0.1, -0.05) is 18.5 Å². The van der Waals surface area contributed by atoms with E-state index < -0.39 is 0 Å². The second kappa shape index (κ2) is 5.21. The van der Waals surface area contributed by atoms with Crippen molar-refractivity contribution in [3.8, 4) is 0 Å². The fourth-order valence-electron chi connectivity index (χ4n) is 4.46. The number of halogens is 1. The van der Waals surface area contributed by atoms with Crippen LogP contribution in [-0.4, -0.2) is 44.0 Å². The van der Waals surface area contributed by atoms with Gasteiger partial charge in [-0.3, -0.25) is 4.79 Å². The van der Waals surface area contributed by atoms with Crippen molar-refractivity contribution in [2.24, 2.45) is 5.41 Å². The highest BCUT2D eigenvalue weighted by molar-refractivity contribution is 6.30. The molecular formula is C17H20ClN3O2. The molecule has 0 aliphatic carbocycles. The van der Waals surface area contributed by atoms with Gasteiger partial charge in [-0.15, -0.1) is 0 Å². The third kappa shape index (κ3) is 2.10. The molecule has 4 heterocycles. The molecule has 2 bridgehead atoms. The molecule has 0 spiro atoms. The zero-order valence-corrected chi connectivity index (χ0v) is 13.8. The summed E-state index contributed by atoms with van der Waals surface area (Å²) in [5, 5.41) is 10.5. The van der Waals surface area contributed by atoms with Crippen molar-refractivity contribution in [2.75, 3.05) is 6.61 Å². The number of rotatable bonds is 3. The zero-order valence-electron chi connectivity index (χ0n) is 13.1. The number of carbonyl (C=O) groups excluding carboxylic acids is 1. The van der Waals surface area contributed by atoms with E-state index in [0.717, 1.165) is 25.7 Å². The number of hydrogen-bond acceptors (Lipinski definition) is 3. The molecule has 5 nitrogen and oxygen atoms in total. The van der Waals surface area contributed by atoms with Crippen LogP contribution in [0.25, 0.3) is 5.65 Å². The van der Waals surface area contributed by atoms with Gasteiger partial charge in [0.1, 0.15) is 11.3 Å². The number of amides is 1. The van der Waals surface area contributed by atoms with Crippen LogP contribution in [0.4, 0.5) is 0 Å². The second-order valence-corrected chi connectivity index (χ2v) is 7.21. The normalized spacial score (nSPS) is 29.6. The van der Waals surface area contributed by atoms with E-state index in [9.17, 15) is 9.90 Å². The number of pyridine rings is 1. The van der Waals surface area contributed by atoms with E-state index >= 15 is 0 Å². The van der Waals surface area contributed by atoms with Crippen LogP contribution in [-0.2, 0) is 0 Å². The maximum Gasteiger partial charge on any atom is 0.274 e. The highest BCUT2D eigenvalue weighted by Gasteiger charge is 2.56. The van der Waals surface area contributed by atoms with Crippen LogP contribution < -0.4 is 0 Å². The first-order valence-corrected chi connectivity index (χ1v) is 8.53. The lowest BCUT2D eigenvalue weighted by Crippen LogP contribution is -2.42. The van der Waals surface area contributed by atoms with Gasteiger partial charge in [0.05, 0.1) is 11.6 Å². The van der Waals surface area contributed by atoms with Crippen LogP contribution in [0, 0.1) is 5.41 Å². The lowest BCUT2D eigenvalue weighted by molar-refractivity contribution is 0.0553. The van der Waals surface area contributed by atoms with E-state index in [-0.39, 0.29) is 30.0 Å². The molecule has 1 amide bonds. The van der Waals surface area contributed by atoms with Crippen LogP contribution in [0.2, 0.25) is 5.02 Å². The molecule has 6 heteroatoms. The molecule has 0 radical (unpaired) electrons. The minimum Gasteiger partial charge on any atom is -0.396 e. The fourth-order valence-corrected chi connectivity index (χ4v) is 4.63. The van der Waals surface area contributed by atoms with Crippen molar-refractivity contribution in [3.05, 3.63) is 35.2 Å². The van der Waals surface area contributed by atoms with Crippen molar-refractivity contribution < 1.29 is 9.90 Å². The Morgan fingerprint density at radius 1 is 1.43 bits per heavy atom. The maximum absolute atomic E-state index is 13.0. The highest BCUT2D eigenvalue weighted by Crippen LogP contribution is 2.51. The molecule has 2 fully saturated rings. The molecule has 2 aliphatic rings. The molecule has 1 N–H and O–H groups in total. The number of aromatic nitrogens is 2. The molecule has 2 saturated heterocycles. The molecule has 4 rings (SSSR count). The van der Waals surface area contributed by atoms with Crippen molar-refractivity contribution in [3.63, 3.8) is 0 Å². The summed E-state index contributed by atoms with van der Waals surface area (Å²) in [4.78, 5) is 19.4. The molecule has 0 saturated carbocycles.